The highest BCUT2D eigenvalue weighted by Gasteiger charge is 2.03. The third-order valence-electron chi connectivity index (χ3n) is 2.65. The van der Waals surface area contributed by atoms with Gasteiger partial charge in [-0.1, -0.05) is 13.8 Å². The molecule has 1 rings (SSSR count). The molecule has 0 heterocycles. The number of nitrogens with zero attached hydrogens (tertiary/aromatic N) is 1. The Bertz CT molecular complexity index is 364. The molecule has 94 valence electrons. The van der Waals surface area contributed by atoms with Gasteiger partial charge in [-0.25, -0.2) is 0 Å². The van der Waals surface area contributed by atoms with Gasteiger partial charge in [0.05, 0.1) is 4.47 Å². The van der Waals surface area contributed by atoms with E-state index in [1.165, 1.54) is 0 Å². The Kier molecular flexibility index (Phi) is 6.22. The van der Waals surface area contributed by atoms with E-state index in [4.69, 9.17) is 4.74 Å². The number of hydrogen-bond acceptors (Lipinski definition) is 3. The third kappa shape index (κ3) is 4.48. The Morgan fingerprint density at radius 1 is 1.35 bits per heavy atom. The average molecular weight is 300 g/mol. The maximum Gasteiger partial charge on any atom is 0.150 e. The third-order valence-corrected chi connectivity index (χ3v) is 3.27. The van der Waals surface area contributed by atoms with Gasteiger partial charge in [-0.2, -0.15) is 0 Å². The number of carbonyl (C=O) groups is 1. The molecule has 0 aliphatic heterocycles. The minimum atomic E-state index is 0.646. The first-order valence-electron chi connectivity index (χ1n) is 5.81. The van der Waals surface area contributed by atoms with Crippen molar-refractivity contribution >= 4 is 22.2 Å². The van der Waals surface area contributed by atoms with Gasteiger partial charge in [-0.15, -0.1) is 0 Å². The molecule has 0 spiro atoms. The van der Waals surface area contributed by atoms with Crippen molar-refractivity contribution in [3.63, 3.8) is 0 Å². The van der Waals surface area contributed by atoms with Gasteiger partial charge in [-0.3, -0.25) is 4.79 Å². The Labute approximate surface area is 111 Å². The molecule has 4 heteroatoms. The number of aldehydes is 1. The standard InChI is InChI=1S/C13H18BrNO2/c1-3-15(4-2)7-8-17-13-6-5-11(10-16)9-12(13)14/h5-6,9-10H,3-4,7-8H2,1-2H3. The fraction of sp³-hybridized carbons (Fsp3) is 0.462. The van der Waals surface area contributed by atoms with Crippen molar-refractivity contribution in [1.29, 1.82) is 0 Å². The lowest BCUT2D eigenvalue weighted by molar-refractivity contribution is 0.112. The van der Waals surface area contributed by atoms with Crippen molar-refractivity contribution in [2.75, 3.05) is 26.2 Å². The lowest BCUT2D eigenvalue weighted by atomic mass is 10.2. The predicted molar refractivity (Wildman–Crippen MR) is 72.8 cm³/mol. The number of hydrogen-bond donors (Lipinski definition) is 0. The van der Waals surface area contributed by atoms with Crippen LogP contribution in [0.1, 0.15) is 24.2 Å². The smallest absolute Gasteiger partial charge is 0.150 e. The van der Waals surface area contributed by atoms with E-state index in [1.807, 2.05) is 6.07 Å². The van der Waals surface area contributed by atoms with Crippen LogP contribution in [0.3, 0.4) is 0 Å². The molecular weight excluding hydrogens is 282 g/mol. The van der Waals surface area contributed by atoms with Gasteiger partial charge < -0.3 is 9.64 Å². The quantitative estimate of drug-likeness (QED) is 0.725. The van der Waals surface area contributed by atoms with Crippen LogP contribution >= 0.6 is 15.9 Å². The van der Waals surface area contributed by atoms with Crippen molar-refractivity contribution in [3.8, 4) is 5.75 Å². The van der Waals surface area contributed by atoms with Crippen molar-refractivity contribution in [3.05, 3.63) is 28.2 Å². The van der Waals surface area contributed by atoms with E-state index in [0.717, 1.165) is 36.1 Å². The number of rotatable bonds is 7. The molecule has 0 bridgehead atoms. The molecule has 3 nitrogen and oxygen atoms in total. The monoisotopic (exact) mass is 299 g/mol. The van der Waals surface area contributed by atoms with E-state index in [2.05, 4.69) is 34.7 Å². The summed E-state index contributed by atoms with van der Waals surface area (Å²) in [6, 6.07) is 5.33. The van der Waals surface area contributed by atoms with Crippen LogP contribution in [0.25, 0.3) is 0 Å². The molecule has 0 saturated heterocycles. The van der Waals surface area contributed by atoms with E-state index >= 15 is 0 Å². The van der Waals surface area contributed by atoms with E-state index < -0.39 is 0 Å². The van der Waals surface area contributed by atoms with Crippen molar-refractivity contribution in [2.45, 2.75) is 13.8 Å². The molecule has 0 aromatic heterocycles. The zero-order chi connectivity index (χ0) is 12.7. The summed E-state index contributed by atoms with van der Waals surface area (Å²) in [7, 11) is 0. The fourth-order valence-electron chi connectivity index (χ4n) is 1.53. The molecule has 0 aliphatic carbocycles. The highest BCUT2D eigenvalue weighted by Crippen LogP contribution is 2.25. The molecule has 1 aromatic carbocycles. The lowest BCUT2D eigenvalue weighted by Crippen LogP contribution is -2.27. The second-order valence-corrected chi connectivity index (χ2v) is 4.54. The van der Waals surface area contributed by atoms with Crippen LogP contribution in [-0.2, 0) is 0 Å². The molecule has 0 atom stereocenters. The van der Waals surface area contributed by atoms with Gasteiger partial charge in [-0.05, 0) is 47.2 Å². The number of carbonyl (C=O) groups excluding carboxylic acids is 1. The minimum Gasteiger partial charge on any atom is -0.491 e. The van der Waals surface area contributed by atoms with Crippen molar-refractivity contribution < 1.29 is 9.53 Å². The molecular formula is C13H18BrNO2. The van der Waals surface area contributed by atoms with E-state index in [-0.39, 0.29) is 0 Å². The summed E-state index contributed by atoms with van der Waals surface area (Å²) in [6.45, 7) is 7.91. The summed E-state index contributed by atoms with van der Waals surface area (Å²) in [5.74, 6) is 0.780. The van der Waals surface area contributed by atoms with Gasteiger partial charge in [0.1, 0.15) is 18.6 Å². The van der Waals surface area contributed by atoms with E-state index in [9.17, 15) is 4.79 Å². The van der Waals surface area contributed by atoms with Crippen molar-refractivity contribution in [1.82, 2.24) is 4.90 Å². The molecule has 17 heavy (non-hydrogen) atoms. The predicted octanol–water partition coefficient (Wildman–Crippen LogP) is 2.98. The van der Waals surface area contributed by atoms with Crippen LogP contribution < -0.4 is 4.74 Å². The Hall–Kier alpha value is -0.870. The van der Waals surface area contributed by atoms with Gasteiger partial charge in [0.2, 0.25) is 0 Å². The van der Waals surface area contributed by atoms with E-state index in [0.29, 0.717) is 12.2 Å². The highest BCUT2D eigenvalue weighted by atomic mass is 79.9. The van der Waals surface area contributed by atoms with Crippen LogP contribution in [-0.4, -0.2) is 37.4 Å². The second kappa shape index (κ2) is 7.45. The van der Waals surface area contributed by atoms with E-state index in [1.54, 1.807) is 12.1 Å². The van der Waals surface area contributed by atoms with Gasteiger partial charge in [0.15, 0.2) is 0 Å². The van der Waals surface area contributed by atoms with Crippen LogP contribution in [0, 0.1) is 0 Å². The first-order valence-corrected chi connectivity index (χ1v) is 6.60. The van der Waals surface area contributed by atoms with Crippen LogP contribution in [0.4, 0.5) is 0 Å². The molecule has 0 aliphatic rings. The van der Waals surface area contributed by atoms with Gasteiger partial charge in [0.25, 0.3) is 0 Å². The maximum absolute atomic E-state index is 10.6. The summed E-state index contributed by atoms with van der Waals surface area (Å²) in [6.07, 6.45) is 0.824. The molecule has 1 aromatic rings. The van der Waals surface area contributed by atoms with Crippen molar-refractivity contribution in [2.24, 2.45) is 0 Å². The minimum absolute atomic E-state index is 0.646. The van der Waals surface area contributed by atoms with Gasteiger partial charge in [0, 0.05) is 12.1 Å². The summed E-state index contributed by atoms with van der Waals surface area (Å²) in [5.41, 5.74) is 0.646. The molecule has 0 fully saturated rings. The summed E-state index contributed by atoms with van der Waals surface area (Å²) in [5, 5.41) is 0. The maximum atomic E-state index is 10.6. The first kappa shape index (κ1) is 14.2. The molecule has 0 amide bonds. The van der Waals surface area contributed by atoms with Crippen LogP contribution in [0.15, 0.2) is 22.7 Å². The fourth-order valence-corrected chi connectivity index (χ4v) is 2.04. The molecule has 0 N–H and O–H groups in total. The SMILES string of the molecule is CCN(CC)CCOc1ccc(C=O)cc1Br. The number of ether oxygens (including phenoxy) is 1. The van der Waals surface area contributed by atoms with Crippen LogP contribution in [0.5, 0.6) is 5.75 Å². The topological polar surface area (TPSA) is 29.5 Å². The summed E-state index contributed by atoms with van der Waals surface area (Å²) < 4.78 is 6.49. The Morgan fingerprint density at radius 2 is 2.06 bits per heavy atom. The normalized spacial score (nSPS) is 10.6. The molecule has 0 radical (unpaired) electrons. The molecule has 0 unspecified atom stereocenters. The Morgan fingerprint density at radius 3 is 2.59 bits per heavy atom. The number of halogens is 1. The second-order valence-electron chi connectivity index (χ2n) is 3.68. The summed E-state index contributed by atoms with van der Waals surface area (Å²) >= 11 is 3.39. The average Bonchev–Trinajstić information content (AvgIpc) is 2.36. The largest absolute Gasteiger partial charge is 0.491 e. The van der Waals surface area contributed by atoms with Gasteiger partial charge >= 0.3 is 0 Å². The summed E-state index contributed by atoms with van der Waals surface area (Å²) in [4.78, 5) is 12.9. The Balaban J connectivity index is 2.49. The van der Waals surface area contributed by atoms with Crippen LogP contribution in [0.2, 0.25) is 0 Å². The first-order chi connectivity index (χ1) is 8.21. The number of benzene rings is 1. The number of likely N-dealkylation sites (N-methyl/N-ethyl adjacent to an activating group) is 1. The zero-order valence-corrected chi connectivity index (χ0v) is 11.9. The highest BCUT2D eigenvalue weighted by molar-refractivity contribution is 9.10. The molecule has 0 saturated carbocycles. The zero-order valence-electron chi connectivity index (χ0n) is 10.3. The lowest BCUT2D eigenvalue weighted by Gasteiger charge is -2.18.